The van der Waals surface area contributed by atoms with Crippen LogP contribution in [0.25, 0.3) is 0 Å². The Kier molecular flexibility index (Phi) is 4.42. The maximum atomic E-state index is 13.6. The minimum atomic E-state index is -0.482. The number of halogens is 1. The number of rotatable bonds is 4. The van der Waals surface area contributed by atoms with Crippen LogP contribution < -0.4 is 14.8 Å². The van der Waals surface area contributed by atoms with Gasteiger partial charge in [-0.3, -0.25) is 4.79 Å². The zero-order valence-corrected chi connectivity index (χ0v) is 12.1. The number of carbonyl (C=O) groups excluding carboxylic acids is 1. The molecule has 0 aromatic heterocycles. The Labute approximate surface area is 122 Å². The number of amides is 1. The molecule has 2 aromatic rings. The van der Waals surface area contributed by atoms with E-state index >= 15 is 0 Å². The summed E-state index contributed by atoms with van der Waals surface area (Å²) in [6, 6.07) is 9.28. The van der Waals surface area contributed by atoms with Crippen LogP contribution in [0.1, 0.15) is 15.9 Å². The number of ether oxygens (including phenoxy) is 2. The highest BCUT2D eigenvalue weighted by molar-refractivity contribution is 6.05. The Morgan fingerprint density at radius 2 is 1.71 bits per heavy atom. The maximum absolute atomic E-state index is 13.6. The zero-order valence-electron chi connectivity index (χ0n) is 12.1. The molecule has 0 spiro atoms. The zero-order chi connectivity index (χ0) is 15.4. The highest BCUT2D eigenvalue weighted by Crippen LogP contribution is 2.30. The van der Waals surface area contributed by atoms with E-state index in [4.69, 9.17) is 9.47 Å². The van der Waals surface area contributed by atoms with E-state index in [1.807, 2.05) is 0 Å². The molecule has 0 atom stereocenters. The predicted molar refractivity (Wildman–Crippen MR) is 78.6 cm³/mol. The second-order valence-electron chi connectivity index (χ2n) is 4.46. The van der Waals surface area contributed by atoms with E-state index in [-0.39, 0.29) is 5.69 Å². The summed E-state index contributed by atoms with van der Waals surface area (Å²) in [6.07, 6.45) is 0. The van der Waals surface area contributed by atoms with Gasteiger partial charge in [-0.25, -0.2) is 4.39 Å². The molecule has 1 N–H and O–H groups in total. The van der Waals surface area contributed by atoms with Crippen LogP contribution in [0.15, 0.2) is 36.4 Å². The molecule has 2 rings (SSSR count). The van der Waals surface area contributed by atoms with Crippen molar-refractivity contribution in [2.24, 2.45) is 0 Å². The van der Waals surface area contributed by atoms with Crippen LogP contribution in [-0.2, 0) is 0 Å². The smallest absolute Gasteiger partial charge is 0.256 e. The lowest BCUT2D eigenvalue weighted by Crippen LogP contribution is -2.14. The Morgan fingerprint density at radius 3 is 2.33 bits per heavy atom. The minimum absolute atomic E-state index is 0.136. The third-order valence-corrected chi connectivity index (χ3v) is 3.10. The number of anilines is 1. The summed E-state index contributed by atoms with van der Waals surface area (Å²) < 4.78 is 23.9. The van der Waals surface area contributed by atoms with Crippen LogP contribution in [0.3, 0.4) is 0 Å². The number of para-hydroxylation sites is 1. The summed E-state index contributed by atoms with van der Waals surface area (Å²) in [4.78, 5) is 12.3. The lowest BCUT2D eigenvalue weighted by Gasteiger charge is -2.13. The first kappa shape index (κ1) is 14.8. The van der Waals surface area contributed by atoms with Gasteiger partial charge in [0.1, 0.15) is 5.82 Å². The monoisotopic (exact) mass is 289 g/mol. The highest BCUT2D eigenvalue weighted by atomic mass is 19.1. The Morgan fingerprint density at radius 1 is 1.10 bits per heavy atom. The fraction of sp³-hybridized carbons (Fsp3) is 0.188. The molecule has 21 heavy (non-hydrogen) atoms. The molecule has 0 aliphatic carbocycles. The molecule has 0 radical (unpaired) electrons. The summed E-state index contributed by atoms with van der Waals surface area (Å²) in [5.41, 5.74) is 1.24. The third kappa shape index (κ3) is 3.13. The van der Waals surface area contributed by atoms with E-state index in [9.17, 15) is 9.18 Å². The number of aryl methyl sites for hydroxylation is 1. The number of hydrogen-bond donors (Lipinski definition) is 1. The standard InChI is InChI=1S/C16H16FNO3/c1-10-8-14(20-2)15(21-3)9-11(10)16(19)18-13-7-5-4-6-12(13)17/h4-9H,1-3H3,(H,18,19). The number of carbonyl (C=O) groups is 1. The van der Waals surface area contributed by atoms with Crippen molar-refractivity contribution in [2.45, 2.75) is 6.92 Å². The minimum Gasteiger partial charge on any atom is -0.493 e. The van der Waals surface area contributed by atoms with Gasteiger partial charge in [-0.2, -0.15) is 0 Å². The van der Waals surface area contributed by atoms with Crippen molar-refractivity contribution in [1.82, 2.24) is 0 Å². The summed E-state index contributed by atoms with van der Waals surface area (Å²) in [7, 11) is 3.02. The van der Waals surface area contributed by atoms with Gasteiger partial charge in [-0.1, -0.05) is 12.1 Å². The predicted octanol–water partition coefficient (Wildman–Crippen LogP) is 3.40. The quantitative estimate of drug-likeness (QED) is 0.938. The van der Waals surface area contributed by atoms with Crippen molar-refractivity contribution in [2.75, 3.05) is 19.5 Å². The molecule has 1 amide bonds. The first-order chi connectivity index (χ1) is 10.1. The molecule has 0 aliphatic rings. The van der Waals surface area contributed by atoms with Crippen LogP contribution in [0.4, 0.5) is 10.1 Å². The van der Waals surface area contributed by atoms with Crippen molar-refractivity contribution in [3.8, 4) is 11.5 Å². The summed E-state index contributed by atoms with van der Waals surface area (Å²) in [5, 5.41) is 2.55. The van der Waals surface area contributed by atoms with E-state index < -0.39 is 11.7 Å². The molecule has 5 heteroatoms. The fourth-order valence-electron chi connectivity index (χ4n) is 1.98. The highest BCUT2D eigenvalue weighted by Gasteiger charge is 2.15. The summed E-state index contributed by atoms with van der Waals surface area (Å²) in [5.74, 6) is 0.0989. The number of methoxy groups -OCH3 is 2. The van der Waals surface area contributed by atoms with E-state index in [2.05, 4.69) is 5.32 Å². The van der Waals surface area contributed by atoms with Crippen molar-refractivity contribution in [3.63, 3.8) is 0 Å². The van der Waals surface area contributed by atoms with Gasteiger partial charge in [0, 0.05) is 5.56 Å². The van der Waals surface area contributed by atoms with Gasteiger partial charge < -0.3 is 14.8 Å². The first-order valence-corrected chi connectivity index (χ1v) is 6.35. The molecular formula is C16H16FNO3. The summed E-state index contributed by atoms with van der Waals surface area (Å²) >= 11 is 0. The molecule has 0 saturated heterocycles. The Hall–Kier alpha value is -2.56. The lowest BCUT2D eigenvalue weighted by molar-refractivity contribution is 0.102. The van der Waals surface area contributed by atoms with Crippen LogP contribution in [0, 0.1) is 12.7 Å². The van der Waals surface area contributed by atoms with Crippen molar-refractivity contribution >= 4 is 11.6 Å². The average Bonchev–Trinajstić information content (AvgIpc) is 2.49. The van der Waals surface area contributed by atoms with E-state index in [1.165, 1.54) is 26.4 Å². The van der Waals surface area contributed by atoms with Gasteiger partial charge in [-0.05, 0) is 36.8 Å². The topological polar surface area (TPSA) is 47.6 Å². The number of benzene rings is 2. The lowest BCUT2D eigenvalue weighted by atomic mass is 10.1. The number of hydrogen-bond acceptors (Lipinski definition) is 3. The molecule has 0 heterocycles. The van der Waals surface area contributed by atoms with Gasteiger partial charge in [-0.15, -0.1) is 0 Å². The Balaban J connectivity index is 2.33. The molecule has 0 fully saturated rings. The van der Waals surface area contributed by atoms with Crippen LogP contribution >= 0.6 is 0 Å². The van der Waals surface area contributed by atoms with Gasteiger partial charge in [0.15, 0.2) is 11.5 Å². The largest absolute Gasteiger partial charge is 0.493 e. The van der Waals surface area contributed by atoms with Crippen LogP contribution in [-0.4, -0.2) is 20.1 Å². The molecule has 4 nitrogen and oxygen atoms in total. The second kappa shape index (κ2) is 6.26. The van der Waals surface area contributed by atoms with E-state index in [0.717, 1.165) is 0 Å². The number of nitrogens with one attached hydrogen (secondary N) is 1. The van der Waals surface area contributed by atoms with E-state index in [0.29, 0.717) is 22.6 Å². The molecular weight excluding hydrogens is 273 g/mol. The molecule has 0 bridgehead atoms. The molecule has 0 saturated carbocycles. The van der Waals surface area contributed by atoms with Gasteiger partial charge >= 0.3 is 0 Å². The average molecular weight is 289 g/mol. The summed E-state index contributed by atoms with van der Waals surface area (Å²) in [6.45, 7) is 1.78. The molecule has 0 unspecified atom stereocenters. The second-order valence-corrected chi connectivity index (χ2v) is 4.46. The van der Waals surface area contributed by atoms with Crippen LogP contribution in [0.2, 0.25) is 0 Å². The molecule has 110 valence electrons. The van der Waals surface area contributed by atoms with Crippen molar-refractivity contribution in [3.05, 3.63) is 53.3 Å². The fourth-order valence-corrected chi connectivity index (χ4v) is 1.98. The van der Waals surface area contributed by atoms with Crippen LogP contribution in [0.5, 0.6) is 11.5 Å². The van der Waals surface area contributed by atoms with Gasteiger partial charge in [0.25, 0.3) is 5.91 Å². The Bertz CT molecular complexity index is 671. The SMILES string of the molecule is COc1cc(C)c(C(=O)Nc2ccccc2F)cc1OC. The molecule has 2 aromatic carbocycles. The van der Waals surface area contributed by atoms with Gasteiger partial charge in [0.05, 0.1) is 19.9 Å². The third-order valence-electron chi connectivity index (χ3n) is 3.10. The van der Waals surface area contributed by atoms with E-state index in [1.54, 1.807) is 31.2 Å². The molecule has 0 aliphatic heterocycles. The van der Waals surface area contributed by atoms with Crippen molar-refractivity contribution < 1.29 is 18.7 Å². The van der Waals surface area contributed by atoms with Gasteiger partial charge in [0.2, 0.25) is 0 Å². The maximum Gasteiger partial charge on any atom is 0.256 e. The normalized spacial score (nSPS) is 10.1. The first-order valence-electron chi connectivity index (χ1n) is 6.35. The van der Waals surface area contributed by atoms with Crippen molar-refractivity contribution in [1.29, 1.82) is 0 Å².